The molecule has 20 heavy (non-hydrogen) atoms. The third-order valence-electron chi connectivity index (χ3n) is 3.05. The monoisotopic (exact) mass is 282 g/mol. The number of hydrogen-bond acceptors (Lipinski definition) is 3. The molecule has 0 aliphatic carbocycles. The van der Waals surface area contributed by atoms with Crippen LogP contribution in [0.4, 0.5) is 0 Å². The minimum absolute atomic E-state index is 0.118. The predicted octanol–water partition coefficient (Wildman–Crippen LogP) is 3.85. The minimum Gasteiger partial charge on any atom is -0.333 e. The number of benzene rings is 2. The first-order valence-corrected chi connectivity index (χ1v) is 7.38. The van der Waals surface area contributed by atoms with Crippen molar-refractivity contribution in [2.24, 2.45) is 0 Å². The highest BCUT2D eigenvalue weighted by Crippen LogP contribution is 2.21. The molecule has 0 radical (unpaired) electrons. The van der Waals surface area contributed by atoms with E-state index >= 15 is 0 Å². The molecule has 0 amide bonds. The van der Waals surface area contributed by atoms with E-state index in [0.717, 1.165) is 21.8 Å². The third-order valence-corrected chi connectivity index (χ3v) is 3.92. The summed E-state index contributed by atoms with van der Waals surface area (Å²) in [5.74, 6) is 0.509. The molecule has 3 rings (SSSR count). The number of ketones is 1. The van der Waals surface area contributed by atoms with Gasteiger partial charge in [-0.15, -0.1) is 0 Å². The van der Waals surface area contributed by atoms with Crippen LogP contribution in [0.15, 0.2) is 53.7 Å². The molecule has 1 N–H and O–H groups in total. The molecule has 0 unspecified atom stereocenters. The van der Waals surface area contributed by atoms with E-state index in [2.05, 4.69) is 16.0 Å². The van der Waals surface area contributed by atoms with Gasteiger partial charge in [-0.3, -0.25) is 4.79 Å². The summed E-state index contributed by atoms with van der Waals surface area (Å²) in [6, 6.07) is 15.4. The molecule has 0 saturated heterocycles. The maximum atomic E-state index is 12.0. The first-order valence-electron chi connectivity index (χ1n) is 6.40. The van der Waals surface area contributed by atoms with Gasteiger partial charge in [0.25, 0.3) is 0 Å². The average Bonchev–Trinajstić information content (AvgIpc) is 2.87. The van der Waals surface area contributed by atoms with Gasteiger partial charge < -0.3 is 4.98 Å². The fraction of sp³-hybridized carbons (Fsp3) is 0.125. The van der Waals surface area contributed by atoms with Crippen LogP contribution in [0, 0.1) is 6.92 Å². The van der Waals surface area contributed by atoms with Crippen molar-refractivity contribution in [2.45, 2.75) is 12.1 Å². The van der Waals surface area contributed by atoms with Crippen molar-refractivity contribution in [2.75, 3.05) is 5.75 Å². The van der Waals surface area contributed by atoms with E-state index in [-0.39, 0.29) is 5.78 Å². The molecule has 100 valence electrons. The molecule has 0 saturated carbocycles. The molecule has 0 aliphatic heterocycles. The molecule has 0 atom stereocenters. The standard InChI is InChI=1S/C16H14N2OS/c1-11-7-8-13-14(9-11)18-16(17-13)20-10-15(19)12-5-3-2-4-6-12/h2-9H,10H2,1H3,(H,17,18). The maximum Gasteiger partial charge on any atom is 0.173 e. The summed E-state index contributed by atoms with van der Waals surface area (Å²) in [4.78, 5) is 19.7. The molecular formula is C16H14N2OS. The smallest absolute Gasteiger partial charge is 0.173 e. The number of H-pyrrole nitrogens is 1. The number of Topliss-reactive ketones (excluding diaryl/α,β-unsaturated/α-hetero) is 1. The van der Waals surface area contributed by atoms with Crippen LogP contribution in [0.25, 0.3) is 11.0 Å². The van der Waals surface area contributed by atoms with Crippen molar-refractivity contribution in [3.63, 3.8) is 0 Å². The quantitative estimate of drug-likeness (QED) is 0.584. The van der Waals surface area contributed by atoms with Crippen LogP contribution in [0.2, 0.25) is 0 Å². The van der Waals surface area contributed by atoms with Gasteiger partial charge in [0.05, 0.1) is 16.8 Å². The van der Waals surface area contributed by atoms with Crippen LogP contribution >= 0.6 is 11.8 Å². The van der Waals surface area contributed by atoms with Gasteiger partial charge in [0.2, 0.25) is 0 Å². The van der Waals surface area contributed by atoms with E-state index in [1.165, 1.54) is 17.3 Å². The van der Waals surface area contributed by atoms with Crippen molar-refractivity contribution in [3.05, 3.63) is 59.7 Å². The number of aromatic nitrogens is 2. The number of fused-ring (bicyclic) bond motifs is 1. The van der Waals surface area contributed by atoms with Crippen LogP contribution in [0.5, 0.6) is 0 Å². The number of nitrogens with one attached hydrogen (secondary N) is 1. The second-order valence-corrected chi connectivity index (χ2v) is 5.60. The highest BCUT2D eigenvalue weighted by Gasteiger charge is 2.08. The summed E-state index contributed by atoms with van der Waals surface area (Å²) in [6.45, 7) is 2.05. The Morgan fingerprint density at radius 3 is 2.80 bits per heavy atom. The normalized spacial score (nSPS) is 10.8. The zero-order chi connectivity index (χ0) is 13.9. The lowest BCUT2D eigenvalue weighted by Crippen LogP contribution is -2.01. The number of aryl methyl sites for hydroxylation is 1. The van der Waals surface area contributed by atoms with E-state index in [0.29, 0.717) is 5.75 Å². The Balaban J connectivity index is 1.72. The molecular weight excluding hydrogens is 268 g/mol. The zero-order valence-electron chi connectivity index (χ0n) is 11.1. The number of rotatable bonds is 4. The summed E-state index contributed by atoms with van der Waals surface area (Å²) >= 11 is 1.44. The lowest BCUT2D eigenvalue weighted by atomic mass is 10.2. The van der Waals surface area contributed by atoms with E-state index < -0.39 is 0 Å². The molecule has 3 nitrogen and oxygen atoms in total. The van der Waals surface area contributed by atoms with Gasteiger partial charge in [-0.1, -0.05) is 48.2 Å². The Kier molecular flexibility index (Phi) is 3.56. The van der Waals surface area contributed by atoms with Crippen molar-refractivity contribution < 1.29 is 4.79 Å². The van der Waals surface area contributed by atoms with Crippen molar-refractivity contribution in [3.8, 4) is 0 Å². The molecule has 0 aliphatic rings. The first-order chi connectivity index (χ1) is 9.72. The number of aromatic amines is 1. The fourth-order valence-electron chi connectivity index (χ4n) is 2.01. The van der Waals surface area contributed by atoms with E-state index in [1.807, 2.05) is 49.4 Å². The molecule has 0 fully saturated rings. The molecule has 2 aromatic carbocycles. The summed E-state index contributed by atoms with van der Waals surface area (Å²) in [5, 5.41) is 0.787. The zero-order valence-corrected chi connectivity index (χ0v) is 11.9. The van der Waals surface area contributed by atoms with Gasteiger partial charge in [0, 0.05) is 5.56 Å². The highest BCUT2D eigenvalue weighted by atomic mass is 32.2. The number of carbonyl (C=O) groups excluding carboxylic acids is 1. The number of thioether (sulfide) groups is 1. The van der Waals surface area contributed by atoms with E-state index in [9.17, 15) is 4.79 Å². The van der Waals surface area contributed by atoms with Crippen LogP contribution in [0.1, 0.15) is 15.9 Å². The van der Waals surface area contributed by atoms with Crippen molar-refractivity contribution >= 4 is 28.6 Å². The van der Waals surface area contributed by atoms with Gasteiger partial charge in [0.15, 0.2) is 10.9 Å². The molecule has 1 heterocycles. The van der Waals surface area contributed by atoms with E-state index in [4.69, 9.17) is 0 Å². The van der Waals surface area contributed by atoms with Gasteiger partial charge in [-0.2, -0.15) is 0 Å². The fourth-order valence-corrected chi connectivity index (χ4v) is 2.79. The Labute approximate surface area is 121 Å². The second kappa shape index (κ2) is 5.51. The van der Waals surface area contributed by atoms with Gasteiger partial charge >= 0.3 is 0 Å². The lowest BCUT2D eigenvalue weighted by molar-refractivity contribution is 0.102. The third kappa shape index (κ3) is 2.75. The van der Waals surface area contributed by atoms with Gasteiger partial charge in [-0.05, 0) is 24.6 Å². The summed E-state index contributed by atoms with van der Waals surface area (Å²) < 4.78 is 0. The molecule has 1 aromatic heterocycles. The summed E-state index contributed by atoms with van der Waals surface area (Å²) in [7, 11) is 0. The van der Waals surface area contributed by atoms with Gasteiger partial charge in [0.1, 0.15) is 0 Å². The molecule has 0 bridgehead atoms. The highest BCUT2D eigenvalue weighted by molar-refractivity contribution is 7.99. The van der Waals surface area contributed by atoms with Crippen LogP contribution in [0.3, 0.4) is 0 Å². The molecule has 0 spiro atoms. The Morgan fingerprint density at radius 2 is 2.00 bits per heavy atom. The Hall–Kier alpha value is -2.07. The molecule has 4 heteroatoms. The van der Waals surface area contributed by atoms with Crippen LogP contribution < -0.4 is 0 Å². The maximum absolute atomic E-state index is 12.0. The molecule has 3 aromatic rings. The topological polar surface area (TPSA) is 45.8 Å². The van der Waals surface area contributed by atoms with Crippen LogP contribution in [-0.4, -0.2) is 21.5 Å². The average molecular weight is 282 g/mol. The SMILES string of the molecule is Cc1ccc2nc(SCC(=O)c3ccccc3)[nH]c2c1. The van der Waals surface area contributed by atoms with Crippen LogP contribution in [-0.2, 0) is 0 Å². The number of imidazole rings is 1. The number of hydrogen-bond donors (Lipinski definition) is 1. The summed E-state index contributed by atoms with van der Waals surface area (Å²) in [6.07, 6.45) is 0. The predicted molar refractivity (Wildman–Crippen MR) is 82.3 cm³/mol. The van der Waals surface area contributed by atoms with Gasteiger partial charge in [-0.25, -0.2) is 4.98 Å². The first kappa shape index (κ1) is 12.9. The Bertz CT molecular complexity index is 750. The number of carbonyl (C=O) groups is 1. The van der Waals surface area contributed by atoms with Crippen molar-refractivity contribution in [1.29, 1.82) is 0 Å². The lowest BCUT2D eigenvalue weighted by Gasteiger charge is -1.98. The summed E-state index contributed by atoms with van der Waals surface area (Å²) in [5.41, 5.74) is 3.88. The van der Waals surface area contributed by atoms with Crippen molar-refractivity contribution in [1.82, 2.24) is 9.97 Å². The number of nitrogens with zero attached hydrogens (tertiary/aromatic N) is 1. The second-order valence-electron chi connectivity index (χ2n) is 4.64. The minimum atomic E-state index is 0.118. The largest absolute Gasteiger partial charge is 0.333 e. The Morgan fingerprint density at radius 1 is 1.20 bits per heavy atom. The van der Waals surface area contributed by atoms with E-state index in [1.54, 1.807) is 0 Å².